The maximum atomic E-state index is 13.6. The molecule has 3 aromatic rings. The van der Waals surface area contributed by atoms with Gasteiger partial charge in [0.15, 0.2) is 0 Å². The number of urea groups is 1. The van der Waals surface area contributed by atoms with Crippen molar-refractivity contribution in [2.45, 2.75) is 18.0 Å². The van der Waals surface area contributed by atoms with Crippen LogP contribution in [0, 0.1) is 11.6 Å². The molecular weight excluding hydrogens is 440 g/mol. The zero-order valence-electron chi connectivity index (χ0n) is 18.2. The second-order valence-electron chi connectivity index (χ2n) is 8.59. The molecule has 6 nitrogen and oxygen atoms in total. The fraction of sp³-hybridized carbons (Fsp3) is 0.231. The Morgan fingerprint density at radius 1 is 0.971 bits per heavy atom. The van der Waals surface area contributed by atoms with E-state index in [-0.39, 0.29) is 42.9 Å². The van der Waals surface area contributed by atoms with Gasteiger partial charge in [-0.1, -0.05) is 36.4 Å². The van der Waals surface area contributed by atoms with Crippen molar-refractivity contribution in [1.29, 1.82) is 0 Å². The molecule has 0 aromatic heterocycles. The van der Waals surface area contributed by atoms with E-state index in [0.717, 1.165) is 16.7 Å². The van der Waals surface area contributed by atoms with E-state index in [9.17, 15) is 23.5 Å². The number of aliphatic hydroxyl groups is 1. The minimum Gasteiger partial charge on any atom is -0.394 e. The molecule has 2 aliphatic heterocycles. The van der Waals surface area contributed by atoms with Crippen molar-refractivity contribution in [3.05, 3.63) is 90.0 Å². The molecule has 3 amide bonds. The average molecular weight is 463 g/mol. The molecule has 174 valence electrons. The van der Waals surface area contributed by atoms with Crippen LogP contribution in [-0.2, 0) is 4.79 Å². The third kappa shape index (κ3) is 4.01. The molecule has 2 fully saturated rings. The van der Waals surface area contributed by atoms with Crippen LogP contribution in [0.2, 0.25) is 0 Å². The minimum absolute atomic E-state index is 0.0920. The number of anilines is 1. The van der Waals surface area contributed by atoms with Gasteiger partial charge in [-0.25, -0.2) is 13.6 Å². The quantitative estimate of drug-likeness (QED) is 0.618. The number of fused-ring (bicyclic) bond motifs is 1. The highest BCUT2D eigenvalue weighted by atomic mass is 19.1. The van der Waals surface area contributed by atoms with E-state index in [1.165, 1.54) is 41.3 Å². The van der Waals surface area contributed by atoms with Crippen molar-refractivity contribution in [2.24, 2.45) is 0 Å². The summed E-state index contributed by atoms with van der Waals surface area (Å²) < 4.78 is 26.7. The predicted molar refractivity (Wildman–Crippen MR) is 123 cm³/mol. The van der Waals surface area contributed by atoms with Crippen LogP contribution >= 0.6 is 0 Å². The van der Waals surface area contributed by atoms with Crippen molar-refractivity contribution in [2.75, 3.05) is 25.0 Å². The van der Waals surface area contributed by atoms with Crippen molar-refractivity contribution < 1.29 is 23.5 Å². The number of nitrogens with zero attached hydrogens (tertiary/aromatic N) is 2. The molecular formula is C26H23F2N3O3. The number of halogens is 2. The smallest absolute Gasteiger partial charge is 0.322 e. The number of nitrogens with one attached hydrogen (secondary N) is 1. The number of amides is 3. The number of aliphatic hydroxyl groups excluding tert-OH is 1. The van der Waals surface area contributed by atoms with Gasteiger partial charge < -0.3 is 20.2 Å². The summed E-state index contributed by atoms with van der Waals surface area (Å²) in [7, 11) is 0. The molecule has 2 aliphatic rings. The summed E-state index contributed by atoms with van der Waals surface area (Å²) in [6.07, 6.45) is 0. The molecule has 3 atom stereocenters. The average Bonchev–Trinajstić information content (AvgIpc) is 2.82. The number of carbonyl (C=O) groups excluding carboxylic acids is 2. The van der Waals surface area contributed by atoms with Gasteiger partial charge in [0.2, 0.25) is 5.91 Å². The highest BCUT2D eigenvalue weighted by Crippen LogP contribution is 2.43. The van der Waals surface area contributed by atoms with Crippen LogP contribution in [0.5, 0.6) is 0 Å². The summed E-state index contributed by atoms with van der Waals surface area (Å²) in [5, 5.41) is 12.7. The molecule has 2 heterocycles. The monoisotopic (exact) mass is 463 g/mol. The standard InChI is InChI=1S/C26H23F2N3O3/c27-19-8-10-21(11-9-19)29-26(34)30-13-22-25(23(15-32)31(22)24(33)14-30)17-6-4-16(5-7-17)18-2-1-3-20(28)12-18/h1-12,22-23,25,32H,13-15H2,(H,29,34)/t22-,23-,25+/m0/s1. The maximum Gasteiger partial charge on any atom is 0.322 e. The highest BCUT2D eigenvalue weighted by Gasteiger charge is 2.54. The molecule has 5 rings (SSSR count). The number of hydrogen-bond donors (Lipinski definition) is 2. The van der Waals surface area contributed by atoms with Gasteiger partial charge in [0, 0.05) is 18.2 Å². The summed E-state index contributed by atoms with van der Waals surface area (Å²) in [5.74, 6) is -1.08. The number of benzene rings is 3. The first-order valence-electron chi connectivity index (χ1n) is 11.0. The van der Waals surface area contributed by atoms with Gasteiger partial charge in [-0.05, 0) is 53.1 Å². The molecule has 0 unspecified atom stereocenters. The lowest BCUT2D eigenvalue weighted by molar-refractivity contribution is -0.159. The second kappa shape index (κ2) is 8.87. The number of carbonyl (C=O) groups is 2. The summed E-state index contributed by atoms with van der Waals surface area (Å²) >= 11 is 0. The molecule has 8 heteroatoms. The molecule has 0 bridgehead atoms. The van der Waals surface area contributed by atoms with Crippen LogP contribution < -0.4 is 5.32 Å². The third-order valence-corrected chi connectivity index (χ3v) is 6.59. The SMILES string of the molecule is O=C(Nc1ccc(F)cc1)N1CC(=O)N2[C@@H](CO)[C@H](c3ccc(-c4cccc(F)c4)cc3)[C@@H]2C1. The molecule has 34 heavy (non-hydrogen) atoms. The van der Waals surface area contributed by atoms with Crippen molar-refractivity contribution >= 4 is 17.6 Å². The van der Waals surface area contributed by atoms with Gasteiger partial charge in [0.05, 0.1) is 18.7 Å². The van der Waals surface area contributed by atoms with E-state index >= 15 is 0 Å². The first-order chi connectivity index (χ1) is 16.4. The summed E-state index contributed by atoms with van der Waals surface area (Å²) in [6.45, 7) is 0.0389. The van der Waals surface area contributed by atoms with Gasteiger partial charge in [0.25, 0.3) is 0 Å². The van der Waals surface area contributed by atoms with Gasteiger partial charge in [0.1, 0.15) is 18.2 Å². The number of rotatable bonds is 4. The van der Waals surface area contributed by atoms with Gasteiger partial charge in [-0.15, -0.1) is 0 Å². The van der Waals surface area contributed by atoms with E-state index in [1.807, 2.05) is 30.3 Å². The Morgan fingerprint density at radius 2 is 1.71 bits per heavy atom. The lowest BCUT2D eigenvalue weighted by Crippen LogP contribution is -2.73. The molecule has 0 aliphatic carbocycles. The number of hydrogen-bond acceptors (Lipinski definition) is 3. The van der Waals surface area contributed by atoms with Crippen molar-refractivity contribution in [3.8, 4) is 11.1 Å². The fourth-order valence-corrected chi connectivity index (χ4v) is 4.96. The van der Waals surface area contributed by atoms with E-state index in [2.05, 4.69) is 5.32 Å². The minimum atomic E-state index is -0.438. The van der Waals surface area contributed by atoms with Gasteiger partial charge in [-0.3, -0.25) is 4.79 Å². The zero-order valence-corrected chi connectivity index (χ0v) is 18.2. The van der Waals surface area contributed by atoms with E-state index in [0.29, 0.717) is 12.2 Å². The Labute approximate surface area is 195 Å². The molecule has 3 aromatic carbocycles. The maximum absolute atomic E-state index is 13.6. The summed E-state index contributed by atoms with van der Waals surface area (Å²) in [4.78, 5) is 28.7. The fourth-order valence-electron chi connectivity index (χ4n) is 4.96. The lowest BCUT2D eigenvalue weighted by atomic mass is 9.73. The molecule has 0 radical (unpaired) electrons. The first kappa shape index (κ1) is 22.0. The van der Waals surface area contributed by atoms with Crippen molar-refractivity contribution in [3.63, 3.8) is 0 Å². The Balaban J connectivity index is 1.34. The largest absolute Gasteiger partial charge is 0.394 e. The molecule has 2 N–H and O–H groups in total. The van der Waals surface area contributed by atoms with Gasteiger partial charge >= 0.3 is 6.03 Å². The lowest BCUT2D eigenvalue weighted by Gasteiger charge is -2.58. The van der Waals surface area contributed by atoms with Crippen LogP contribution in [0.25, 0.3) is 11.1 Å². The normalized spacial score (nSPS) is 21.6. The highest BCUT2D eigenvalue weighted by molar-refractivity contribution is 5.93. The van der Waals surface area contributed by atoms with Crippen LogP contribution in [0.15, 0.2) is 72.8 Å². The second-order valence-corrected chi connectivity index (χ2v) is 8.59. The predicted octanol–water partition coefficient (Wildman–Crippen LogP) is 3.83. The number of piperazine rings is 1. The topological polar surface area (TPSA) is 72.9 Å². The first-order valence-corrected chi connectivity index (χ1v) is 11.0. The zero-order chi connectivity index (χ0) is 23.8. The Kier molecular flexibility index (Phi) is 5.75. The van der Waals surface area contributed by atoms with Crippen molar-refractivity contribution in [1.82, 2.24) is 9.80 Å². The van der Waals surface area contributed by atoms with Crippen LogP contribution in [0.4, 0.5) is 19.3 Å². The summed E-state index contributed by atoms with van der Waals surface area (Å²) in [5.41, 5.74) is 3.00. The molecule has 0 saturated carbocycles. The van der Waals surface area contributed by atoms with E-state index in [1.54, 1.807) is 11.0 Å². The molecule has 0 spiro atoms. The summed E-state index contributed by atoms with van der Waals surface area (Å²) in [6, 6.07) is 18.3. The van der Waals surface area contributed by atoms with Crippen LogP contribution in [0.1, 0.15) is 11.5 Å². The van der Waals surface area contributed by atoms with E-state index < -0.39 is 11.8 Å². The Morgan fingerprint density at radius 3 is 2.38 bits per heavy atom. The van der Waals surface area contributed by atoms with Crippen LogP contribution in [0.3, 0.4) is 0 Å². The third-order valence-electron chi connectivity index (χ3n) is 6.59. The Hall–Kier alpha value is -3.78. The van der Waals surface area contributed by atoms with E-state index in [4.69, 9.17) is 0 Å². The van der Waals surface area contributed by atoms with Gasteiger partial charge in [-0.2, -0.15) is 0 Å². The molecule has 2 saturated heterocycles. The Bertz CT molecular complexity index is 1220. The van der Waals surface area contributed by atoms with Crippen LogP contribution in [-0.4, -0.2) is 58.6 Å².